The van der Waals surface area contributed by atoms with E-state index in [4.69, 9.17) is 16.2 Å². The molecule has 5 nitrogen and oxygen atoms in total. The maximum Gasteiger partial charge on any atom is 0.260 e. The highest BCUT2D eigenvalue weighted by molar-refractivity contribution is 6.04. The summed E-state index contributed by atoms with van der Waals surface area (Å²) in [5, 5.41) is 0. The number of nitrogens with two attached hydrogens (primary N) is 2. The van der Waals surface area contributed by atoms with Crippen molar-refractivity contribution < 1.29 is 18.7 Å². The van der Waals surface area contributed by atoms with E-state index in [0.29, 0.717) is 11.3 Å². The third-order valence-electron chi connectivity index (χ3n) is 3.42. The highest BCUT2D eigenvalue weighted by Crippen LogP contribution is 2.39. The van der Waals surface area contributed by atoms with Crippen LogP contribution in [0.15, 0.2) is 42.0 Å². The van der Waals surface area contributed by atoms with E-state index in [-0.39, 0.29) is 11.1 Å². The molecule has 1 aromatic carbocycles. The Labute approximate surface area is 121 Å². The molecule has 1 aliphatic rings. The van der Waals surface area contributed by atoms with Crippen LogP contribution in [0.4, 0.5) is 4.39 Å². The molecule has 0 spiro atoms. The van der Waals surface area contributed by atoms with Crippen LogP contribution in [0, 0.1) is 0 Å². The molecule has 4 N–H and O–H groups in total. The minimum absolute atomic E-state index is 0.0218. The zero-order valence-corrected chi connectivity index (χ0v) is 11.4. The number of primary amides is 2. The Morgan fingerprint density at radius 3 is 2.29 bits per heavy atom. The molecule has 0 radical (unpaired) electrons. The van der Waals surface area contributed by atoms with Gasteiger partial charge in [-0.1, -0.05) is 24.3 Å². The molecule has 0 aliphatic heterocycles. The third-order valence-corrected chi connectivity index (χ3v) is 3.42. The van der Waals surface area contributed by atoms with Crippen molar-refractivity contribution in [2.75, 3.05) is 7.11 Å². The van der Waals surface area contributed by atoms with Gasteiger partial charge in [-0.2, -0.15) is 0 Å². The number of allylic oxidation sites excluding steroid dienone is 2. The van der Waals surface area contributed by atoms with E-state index in [1.165, 1.54) is 19.3 Å². The SMILES string of the molecule is COc1ccc(C2=CC=C(C(N)=O)CC2(F)C(N)=O)cc1. The number of benzene rings is 1. The quantitative estimate of drug-likeness (QED) is 0.868. The predicted octanol–water partition coefficient (Wildman–Crippen LogP) is 1.09. The Kier molecular flexibility index (Phi) is 3.80. The molecule has 1 aromatic rings. The smallest absolute Gasteiger partial charge is 0.260 e. The fourth-order valence-electron chi connectivity index (χ4n) is 2.22. The minimum atomic E-state index is -2.46. The van der Waals surface area contributed by atoms with Crippen LogP contribution in [-0.4, -0.2) is 24.6 Å². The summed E-state index contributed by atoms with van der Waals surface area (Å²) in [6, 6.07) is 6.52. The number of methoxy groups -OCH3 is 1. The zero-order chi connectivity index (χ0) is 15.6. The molecule has 1 atom stereocenters. The number of ether oxygens (including phenoxy) is 1. The number of halogens is 1. The van der Waals surface area contributed by atoms with Crippen LogP contribution in [0.2, 0.25) is 0 Å². The lowest BCUT2D eigenvalue weighted by atomic mass is 9.80. The van der Waals surface area contributed by atoms with Crippen LogP contribution in [0.3, 0.4) is 0 Å². The van der Waals surface area contributed by atoms with Crippen molar-refractivity contribution in [2.24, 2.45) is 11.5 Å². The molecule has 1 aliphatic carbocycles. The van der Waals surface area contributed by atoms with Gasteiger partial charge in [-0.05, 0) is 17.7 Å². The zero-order valence-electron chi connectivity index (χ0n) is 11.4. The Balaban J connectivity index is 2.51. The van der Waals surface area contributed by atoms with Crippen molar-refractivity contribution in [3.8, 4) is 5.75 Å². The van der Waals surface area contributed by atoms with Gasteiger partial charge in [0.15, 0.2) is 0 Å². The standard InChI is InChI=1S/C15H15FN2O3/c1-21-11-5-2-9(3-6-11)12-7-4-10(13(17)19)8-15(12,16)14(18)20/h2-7H,8H2,1H3,(H2,17,19)(H2,18,20). The van der Waals surface area contributed by atoms with Crippen molar-refractivity contribution in [1.82, 2.24) is 0 Å². The number of rotatable bonds is 4. The third kappa shape index (κ3) is 2.65. The fraction of sp³-hybridized carbons (Fsp3) is 0.200. The van der Waals surface area contributed by atoms with E-state index in [1.54, 1.807) is 24.3 Å². The molecular weight excluding hydrogens is 275 g/mol. The summed E-state index contributed by atoms with van der Waals surface area (Å²) in [6.45, 7) is 0. The number of amides is 2. The number of carbonyl (C=O) groups excluding carboxylic acids is 2. The van der Waals surface area contributed by atoms with E-state index >= 15 is 4.39 Å². The lowest BCUT2D eigenvalue weighted by Crippen LogP contribution is -2.43. The molecule has 110 valence electrons. The Hall–Kier alpha value is -2.63. The maximum absolute atomic E-state index is 15.0. The summed E-state index contributed by atoms with van der Waals surface area (Å²) < 4.78 is 20.0. The first-order valence-electron chi connectivity index (χ1n) is 6.23. The van der Waals surface area contributed by atoms with Gasteiger partial charge in [0, 0.05) is 17.6 Å². The minimum Gasteiger partial charge on any atom is -0.497 e. The fourth-order valence-corrected chi connectivity index (χ4v) is 2.22. The molecule has 0 saturated carbocycles. The summed E-state index contributed by atoms with van der Waals surface area (Å²) in [5.74, 6) is -1.33. The summed E-state index contributed by atoms with van der Waals surface area (Å²) >= 11 is 0. The molecule has 2 amide bonds. The first-order valence-corrected chi connectivity index (χ1v) is 6.23. The van der Waals surface area contributed by atoms with Gasteiger partial charge in [-0.25, -0.2) is 4.39 Å². The molecular formula is C15H15FN2O3. The van der Waals surface area contributed by atoms with E-state index in [2.05, 4.69) is 0 Å². The van der Waals surface area contributed by atoms with Gasteiger partial charge in [-0.3, -0.25) is 9.59 Å². The molecule has 1 unspecified atom stereocenters. The molecule has 6 heteroatoms. The molecule has 0 fully saturated rings. The lowest BCUT2D eigenvalue weighted by molar-refractivity contribution is -0.126. The monoisotopic (exact) mass is 290 g/mol. The van der Waals surface area contributed by atoms with Crippen LogP contribution in [0.1, 0.15) is 12.0 Å². The maximum atomic E-state index is 15.0. The number of hydrogen-bond donors (Lipinski definition) is 2. The average Bonchev–Trinajstić information content (AvgIpc) is 2.47. The van der Waals surface area contributed by atoms with Crippen molar-refractivity contribution in [3.63, 3.8) is 0 Å². The van der Waals surface area contributed by atoms with Gasteiger partial charge in [0.2, 0.25) is 11.6 Å². The molecule has 2 rings (SSSR count). The van der Waals surface area contributed by atoms with Crippen LogP contribution < -0.4 is 16.2 Å². The Morgan fingerprint density at radius 1 is 1.19 bits per heavy atom. The highest BCUT2D eigenvalue weighted by atomic mass is 19.1. The van der Waals surface area contributed by atoms with Gasteiger partial charge in [0.1, 0.15) is 5.75 Å². The van der Waals surface area contributed by atoms with Gasteiger partial charge < -0.3 is 16.2 Å². The van der Waals surface area contributed by atoms with Crippen molar-refractivity contribution in [1.29, 1.82) is 0 Å². The van der Waals surface area contributed by atoms with E-state index < -0.39 is 23.9 Å². The summed E-state index contributed by atoms with van der Waals surface area (Å²) in [4.78, 5) is 22.7. The van der Waals surface area contributed by atoms with Gasteiger partial charge in [0.25, 0.3) is 5.91 Å². The second-order valence-electron chi connectivity index (χ2n) is 4.71. The van der Waals surface area contributed by atoms with Gasteiger partial charge in [-0.15, -0.1) is 0 Å². The van der Waals surface area contributed by atoms with E-state index in [9.17, 15) is 9.59 Å². The second kappa shape index (κ2) is 5.40. The molecule has 0 bridgehead atoms. The van der Waals surface area contributed by atoms with Crippen molar-refractivity contribution >= 4 is 17.4 Å². The highest BCUT2D eigenvalue weighted by Gasteiger charge is 2.44. The second-order valence-corrected chi connectivity index (χ2v) is 4.71. The largest absolute Gasteiger partial charge is 0.497 e. The first kappa shape index (κ1) is 14.8. The normalized spacial score (nSPS) is 21.2. The Bertz CT molecular complexity index is 649. The summed E-state index contributed by atoms with van der Waals surface area (Å²) in [5.41, 5.74) is 8.47. The molecule has 21 heavy (non-hydrogen) atoms. The first-order chi connectivity index (χ1) is 9.88. The van der Waals surface area contributed by atoms with Crippen LogP contribution in [0.5, 0.6) is 5.75 Å². The molecule has 0 saturated heterocycles. The van der Waals surface area contributed by atoms with E-state index in [1.807, 2.05) is 0 Å². The number of carbonyl (C=O) groups is 2. The average molecular weight is 290 g/mol. The predicted molar refractivity (Wildman–Crippen MR) is 75.9 cm³/mol. The van der Waals surface area contributed by atoms with Gasteiger partial charge >= 0.3 is 0 Å². The molecule has 0 heterocycles. The number of alkyl halides is 1. The van der Waals surface area contributed by atoms with Crippen molar-refractivity contribution in [2.45, 2.75) is 12.1 Å². The van der Waals surface area contributed by atoms with Gasteiger partial charge in [0.05, 0.1) is 7.11 Å². The summed E-state index contributed by atoms with van der Waals surface area (Å²) in [6.07, 6.45) is 2.30. The number of hydrogen-bond acceptors (Lipinski definition) is 3. The van der Waals surface area contributed by atoms with Crippen LogP contribution >= 0.6 is 0 Å². The van der Waals surface area contributed by atoms with Crippen LogP contribution in [0.25, 0.3) is 5.57 Å². The Morgan fingerprint density at radius 2 is 1.81 bits per heavy atom. The van der Waals surface area contributed by atoms with E-state index in [0.717, 1.165) is 0 Å². The van der Waals surface area contributed by atoms with Crippen LogP contribution in [-0.2, 0) is 9.59 Å². The topological polar surface area (TPSA) is 95.4 Å². The molecule has 0 aromatic heterocycles. The lowest BCUT2D eigenvalue weighted by Gasteiger charge is -2.28. The summed E-state index contributed by atoms with van der Waals surface area (Å²) in [7, 11) is 1.51. The van der Waals surface area contributed by atoms with Crippen molar-refractivity contribution in [3.05, 3.63) is 47.6 Å².